The number of rotatable bonds is 5. The summed E-state index contributed by atoms with van der Waals surface area (Å²) in [5, 5.41) is 4.09. The first-order valence-electron chi connectivity index (χ1n) is 8.25. The first-order valence-corrected chi connectivity index (χ1v) is 9.24. The van der Waals surface area contributed by atoms with E-state index in [0.717, 1.165) is 28.4 Å². The average Bonchev–Trinajstić information content (AvgIpc) is 3.06. The van der Waals surface area contributed by atoms with Gasteiger partial charge in [0.05, 0.1) is 5.75 Å². The molecular formula is C17H25N3OS. The Morgan fingerprint density at radius 3 is 2.82 bits per heavy atom. The lowest BCUT2D eigenvalue weighted by molar-refractivity contribution is -0.119. The van der Waals surface area contributed by atoms with Gasteiger partial charge in [-0.15, -0.1) is 0 Å². The molecule has 2 aliphatic rings. The zero-order valence-corrected chi connectivity index (χ0v) is 14.4. The molecule has 1 aromatic heterocycles. The number of nitrogens with one attached hydrogen (secondary N) is 1. The van der Waals surface area contributed by atoms with Crippen molar-refractivity contribution in [3.63, 3.8) is 0 Å². The largest absolute Gasteiger partial charge is 0.353 e. The maximum absolute atomic E-state index is 12.2. The highest BCUT2D eigenvalue weighted by molar-refractivity contribution is 7.99. The Morgan fingerprint density at radius 2 is 2.18 bits per heavy atom. The van der Waals surface area contributed by atoms with Gasteiger partial charge in [0.2, 0.25) is 5.91 Å². The molecule has 0 aromatic carbocycles. The zero-order valence-electron chi connectivity index (χ0n) is 13.6. The van der Waals surface area contributed by atoms with Gasteiger partial charge in [-0.3, -0.25) is 4.79 Å². The van der Waals surface area contributed by atoms with Crippen LogP contribution in [0.3, 0.4) is 0 Å². The number of carbonyl (C=O) groups excluding carboxylic acids is 1. The quantitative estimate of drug-likeness (QED) is 0.669. The minimum Gasteiger partial charge on any atom is -0.353 e. The summed E-state index contributed by atoms with van der Waals surface area (Å²) >= 11 is 1.49. The van der Waals surface area contributed by atoms with Crippen molar-refractivity contribution in [2.24, 2.45) is 17.8 Å². The van der Waals surface area contributed by atoms with Crippen LogP contribution < -0.4 is 5.32 Å². The maximum atomic E-state index is 12.2. The van der Waals surface area contributed by atoms with Crippen molar-refractivity contribution in [2.45, 2.75) is 57.5 Å². The van der Waals surface area contributed by atoms with E-state index in [4.69, 9.17) is 0 Å². The Kier molecular flexibility index (Phi) is 4.71. The number of amides is 1. The number of thioether (sulfide) groups is 1. The molecule has 1 aromatic rings. The third-order valence-electron chi connectivity index (χ3n) is 5.12. The molecule has 4 nitrogen and oxygen atoms in total. The van der Waals surface area contributed by atoms with E-state index in [1.807, 2.05) is 19.9 Å². The van der Waals surface area contributed by atoms with E-state index in [0.29, 0.717) is 17.7 Å². The van der Waals surface area contributed by atoms with E-state index in [-0.39, 0.29) is 5.91 Å². The molecule has 1 heterocycles. The average molecular weight is 319 g/mol. The number of carbonyl (C=O) groups is 1. The van der Waals surface area contributed by atoms with Crippen LogP contribution in [0.2, 0.25) is 0 Å². The molecule has 0 spiro atoms. The number of fused-ring (bicyclic) bond motifs is 2. The summed E-state index contributed by atoms with van der Waals surface area (Å²) in [6.45, 7) is 6.01. The highest BCUT2D eigenvalue weighted by Gasteiger charge is 2.42. The Labute approximate surface area is 136 Å². The monoisotopic (exact) mass is 319 g/mol. The van der Waals surface area contributed by atoms with Gasteiger partial charge in [-0.25, -0.2) is 9.97 Å². The second-order valence-electron chi connectivity index (χ2n) is 6.88. The third kappa shape index (κ3) is 3.62. The second-order valence-corrected chi connectivity index (χ2v) is 7.87. The van der Waals surface area contributed by atoms with Gasteiger partial charge in [-0.1, -0.05) is 18.2 Å². The molecule has 2 saturated carbocycles. The molecular weight excluding hydrogens is 294 g/mol. The summed E-state index contributed by atoms with van der Waals surface area (Å²) in [6.07, 6.45) is 5.47. The number of hydrogen-bond donors (Lipinski definition) is 1. The van der Waals surface area contributed by atoms with Crippen LogP contribution in [0.15, 0.2) is 11.1 Å². The van der Waals surface area contributed by atoms with Crippen LogP contribution >= 0.6 is 11.8 Å². The molecule has 3 rings (SSSR count). The molecule has 5 heteroatoms. The van der Waals surface area contributed by atoms with E-state index < -0.39 is 0 Å². The normalized spacial score (nSPS) is 27.9. The summed E-state index contributed by atoms with van der Waals surface area (Å²) in [6, 6.07) is 2.24. The summed E-state index contributed by atoms with van der Waals surface area (Å²) < 4.78 is 0. The SMILES string of the molecule is Cc1cc(SCC(=O)NC(C)C2CC3CCC2C3)nc(C)n1. The number of nitrogens with zero attached hydrogens (tertiary/aromatic N) is 2. The van der Waals surface area contributed by atoms with Gasteiger partial charge in [0, 0.05) is 11.7 Å². The molecule has 0 radical (unpaired) electrons. The van der Waals surface area contributed by atoms with Crippen LogP contribution in [-0.2, 0) is 4.79 Å². The molecule has 22 heavy (non-hydrogen) atoms. The van der Waals surface area contributed by atoms with Crippen molar-refractivity contribution >= 4 is 17.7 Å². The molecule has 4 unspecified atom stereocenters. The van der Waals surface area contributed by atoms with E-state index in [1.165, 1.54) is 37.4 Å². The van der Waals surface area contributed by atoms with Gasteiger partial charge in [0.25, 0.3) is 0 Å². The zero-order chi connectivity index (χ0) is 15.7. The van der Waals surface area contributed by atoms with Crippen LogP contribution in [-0.4, -0.2) is 27.7 Å². The van der Waals surface area contributed by atoms with Crippen molar-refractivity contribution < 1.29 is 4.79 Å². The molecule has 0 saturated heterocycles. The molecule has 120 valence electrons. The van der Waals surface area contributed by atoms with Crippen LogP contribution in [0.5, 0.6) is 0 Å². The summed E-state index contributed by atoms with van der Waals surface area (Å²) in [4.78, 5) is 20.8. The first-order chi connectivity index (χ1) is 10.5. The maximum Gasteiger partial charge on any atom is 0.230 e. The van der Waals surface area contributed by atoms with Gasteiger partial charge in [-0.05, 0) is 63.9 Å². The van der Waals surface area contributed by atoms with E-state index in [1.54, 1.807) is 0 Å². The predicted molar refractivity (Wildman–Crippen MR) is 88.8 cm³/mol. The van der Waals surface area contributed by atoms with Crippen molar-refractivity contribution in [1.29, 1.82) is 0 Å². The minimum atomic E-state index is 0.120. The lowest BCUT2D eigenvalue weighted by Gasteiger charge is -2.28. The topological polar surface area (TPSA) is 54.9 Å². The fraction of sp³-hybridized carbons (Fsp3) is 0.706. The Hall–Kier alpha value is -1.10. The van der Waals surface area contributed by atoms with E-state index >= 15 is 0 Å². The second kappa shape index (κ2) is 6.57. The number of aromatic nitrogens is 2. The summed E-state index contributed by atoms with van der Waals surface area (Å²) in [5.41, 5.74) is 0.950. The van der Waals surface area contributed by atoms with Crippen LogP contribution in [0, 0.1) is 31.6 Å². The van der Waals surface area contributed by atoms with Crippen LogP contribution in [0.4, 0.5) is 0 Å². The summed E-state index contributed by atoms with van der Waals surface area (Å²) in [7, 11) is 0. The number of hydrogen-bond acceptors (Lipinski definition) is 4. The van der Waals surface area contributed by atoms with Crippen molar-refractivity contribution in [3.05, 3.63) is 17.6 Å². The van der Waals surface area contributed by atoms with Crippen molar-refractivity contribution in [3.8, 4) is 0 Å². The van der Waals surface area contributed by atoms with E-state index in [9.17, 15) is 4.79 Å². The third-order valence-corrected chi connectivity index (χ3v) is 6.03. The molecule has 4 atom stereocenters. The van der Waals surface area contributed by atoms with Crippen molar-refractivity contribution in [1.82, 2.24) is 15.3 Å². The first kappa shape index (κ1) is 15.8. The van der Waals surface area contributed by atoms with Crippen LogP contribution in [0.1, 0.15) is 44.1 Å². The van der Waals surface area contributed by atoms with Gasteiger partial charge >= 0.3 is 0 Å². The smallest absolute Gasteiger partial charge is 0.230 e. The predicted octanol–water partition coefficient (Wildman–Crippen LogP) is 3.13. The fourth-order valence-electron chi connectivity index (χ4n) is 4.21. The molecule has 2 fully saturated rings. The summed E-state index contributed by atoms with van der Waals surface area (Å²) in [5.74, 6) is 3.78. The molecule has 2 aliphatic carbocycles. The molecule has 0 aliphatic heterocycles. The Balaban J connectivity index is 1.48. The van der Waals surface area contributed by atoms with Gasteiger partial charge in [0.1, 0.15) is 10.9 Å². The highest BCUT2D eigenvalue weighted by atomic mass is 32.2. The fourth-order valence-corrected chi connectivity index (χ4v) is 5.02. The Morgan fingerprint density at radius 1 is 1.36 bits per heavy atom. The molecule has 2 bridgehead atoms. The van der Waals surface area contributed by atoms with E-state index in [2.05, 4.69) is 22.2 Å². The van der Waals surface area contributed by atoms with Gasteiger partial charge in [-0.2, -0.15) is 0 Å². The lowest BCUT2D eigenvalue weighted by atomic mass is 9.84. The highest BCUT2D eigenvalue weighted by Crippen LogP contribution is 2.49. The Bertz CT molecular complexity index is 543. The van der Waals surface area contributed by atoms with Gasteiger partial charge in [0.15, 0.2) is 0 Å². The van der Waals surface area contributed by atoms with Gasteiger partial charge < -0.3 is 5.32 Å². The van der Waals surface area contributed by atoms with Crippen molar-refractivity contribution in [2.75, 3.05) is 5.75 Å². The minimum absolute atomic E-state index is 0.120. The molecule has 1 amide bonds. The standard InChI is InChI=1S/C17H25N3OS/c1-10-6-17(20-12(3)18-10)22-9-16(21)19-11(2)15-8-13-4-5-14(15)7-13/h6,11,13-15H,4-5,7-9H2,1-3H3,(H,19,21). The number of aryl methyl sites for hydroxylation is 2. The lowest BCUT2D eigenvalue weighted by Crippen LogP contribution is -2.40. The molecule has 1 N–H and O–H groups in total. The van der Waals surface area contributed by atoms with Crippen LogP contribution in [0.25, 0.3) is 0 Å².